The van der Waals surface area contributed by atoms with Crippen molar-refractivity contribution in [3.8, 4) is 0 Å². The number of hydrogen-bond acceptors (Lipinski definition) is 4. The fourth-order valence-corrected chi connectivity index (χ4v) is 3.56. The highest BCUT2D eigenvalue weighted by Crippen LogP contribution is 2.33. The van der Waals surface area contributed by atoms with E-state index in [9.17, 15) is 0 Å². The second-order valence-electron chi connectivity index (χ2n) is 5.95. The van der Waals surface area contributed by atoms with Gasteiger partial charge < -0.3 is 15.2 Å². The molecule has 2 fully saturated rings. The molecule has 0 bridgehead atoms. The van der Waals surface area contributed by atoms with Crippen molar-refractivity contribution in [1.29, 1.82) is 0 Å². The molecule has 0 aromatic heterocycles. The van der Waals surface area contributed by atoms with E-state index in [4.69, 9.17) is 15.2 Å². The third kappa shape index (κ3) is 3.05. The Morgan fingerprint density at radius 2 is 2.11 bits per heavy atom. The number of piperidine rings is 1. The largest absolute Gasteiger partial charge is 0.384 e. The van der Waals surface area contributed by atoms with Crippen molar-refractivity contribution in [2.24, 2.45) is 11.7 Å². The van der Waals surface area contributed by atoms with Crippen molar-refractivity contribution in [3.05, 3.63) is 0 Å². The molecule has 0 aromatic carbocycles. The molecule has 0 saturated carbocycles. The predicted molar refractivity (Wildman–Crippen MR) is 72.6 cm³/mol. The quantitative estimate of drug-likeness (QED) is 0.822. The number of rotatable bonds is 4. The summed E-state index contributed by atoms with van der Waals surface area (Å²) in [6.45, 7) is 7.02. The van der Waals surface area contributed by atoms with Gasteiger partial charge in [-0.15, -0.1) is 0 Å². The number of nitrogens with two attached hydrogens (primary N) is 1. The van der Waals surface area contributed by atoms with E-state index in [1.54, 1.807) is 7.11 Å². The summed E-state index contributed by atoms with van der Waals surface area (Å²) in [5.74, 6) is 0.735. The smallest absolute Gasteiger partial charge is 0.0565 e. The minimum atomic E-state index is 0.190. The van der Waals surface area contributed by atoms with Crippen LogP contribution in [-0.2, 0) is 9.47 Å². The fourth-order valence-electron chi connectivity index (χ4n) is 3.56. The number of ether oxygens (including phenoxy) is 2. The molecule has 0 radical (unpaired) electrons. The molecule has 2 atom stereocenters. The first-order valence-electron chi connectivity index (χ1n) is 7.26. The van der Waals surface area contributed by atoms with E-state index in [1.807, 2.05) is 0 Å². The molecule has 2 aliphatic heterocycles. The van der Waals surface area contributed by atoms with Gasteiger partial charge in [0.25, 0.3) is 0 Å². The summed E-state index contributed by atoms with van der Waals surface area (Å²) < 4.78 is 11.0. The van der Waals surface area contributed by atoms with Crippen molar-refractivity contribution in [3.63, 3.8) is 0 Å². The third-order valence-electron chi connectivity index (χ3n) is 4.70. The molecule has 0 aromatic rings. The zero-order chi connectivity index (χ0) is 13.0. The van der Waals surface area contributed by atoms with Gasteiger partial charge in [-0.25, -0.2) is 0 Å². The molecule has 2 heterocycles. The Bertz CT molecular complexity index is 254. The number of hydrogen-bond donors (Lipinski definition) is 1. The lowest BCUT2D eigenvalue weighted by molar-refractivity contribution is -0.0746. The Morgan fingerprint density at radius 3 is 2.67 bits per heavy atom. The van der Waals surface area contributed by atoms with Gasteiger partial charge in [0, 0.05) is 32.4 Å². The van der Waals surface area contributed by atoms with Crippen LogP contribution in [0.3, 0.4) is 0 Å². The number of likely N-dealkylation sites (tertiary alicyclic amines) is 1. The van der Waals surface area contributed by atoms with Gasteiger partial charge in [-0.1, -0.05) is 0 Å². The normalized spacial score (nSPS) is 35.8. The first kappa shape index (κ1) is 14.3. The Kier molecular flexibility index (Phi) is 5.01. The monoisotopic (exact) mass is 256 g/mol. The molecular formula is C14H28N2O2. The molecule has 4 heteroatoms. The van der Waals surface area contributed by atoms with E-state index in [-0.39, 0.29) is 5.54 Å². The molecule has 2 N–H and O–H groups in total. The van der Waals surface area contributed by atoms with E-state index >= 15 is 0 Å². The fraction of sp³-hybridized carbons (Fsp3) is 1.00. The van der Waals surface area contributed by atoms with Crippen LogP contribution in [0.1, 0.15) is 32.6 Å². The van der Waals surface area contributed by atoms with Crippen LogP contribution in [0, 0.1) is 5.92 Å². The topological polar surface area (TPSA) is 47.7 Å². The SMILES string of the molecule is COCC1CCN(C2(CN)CCOC(C)C2)CC1. The van der Waals surface area contributed by atoms with Crippen molar-refractivity contribution >= 4 is 0 Å². The highest BCUT2D eigenvalue weighted by Gasteiger charge is 2.40. The van der Waals surface area contributed by atoms with Gasteiger partial charge >= 0.3 is 0 Å². The van der Waals surface area contributed by atoms with Crippen LogP contribution in [0.15, 0.2) is 0 Å². The zero-order valence-corrected chi connectivity index (χ0v) is 11.9. The molecule has 2 aliphatic rings. The molecule has 2 unspecified atom stereocenters. The minimum absolute atomic E-state index is 0.190. The van der Waals surface area contributed by atoms with Crippen LogP contribution in [0.25, 0.3) is 0 Å². The van der Waals surface area contributed by atoms with Crippen LogP contribution in [0.2, 0.25) is 0 Å². The Balaban J connectivity index is 1.93. The summed E-state index contributed by atoms with van der Waals surface area (Å²) in [4.78, 5) is 2.62. The number of nitrogens with zero attached hydrogens (tertiary/aromatic N) is 1. The van der Waals surface area contributed by atoms with Crippen LogP contribution < -0.4 is 5.73 Å². The van der Waals surface area contributed by atoms with Gasteiger partial charge in [0.15, 0.2) is 0 Å². The summed E-state index contributed by atoms with van der Waals surface area (Å²) in [6.07, 6.45) is 5.00. The lowest BCUT2D eigenvalue weighted by atomic mass is 9.82. The van der Waals surface area contributed by atoms with E-state index in [0.29, 0.717) is 6.10 Å². The van der Waals surface area contributed by atoms with Gasteiger partial charge in [0.2, 0.25) is 0 Å². The lowest BCUT2D eigenvalue weighted by Crippen LogP contribution is -2.60. The molecule has 4 nitrogen and oxygen atoms in total. The summed E-state index contributed by atoms with van der Waals surface area (Å²) in [5.41, 5.74) is 6.29. The van der Waals surface area contributed by atoms with Crippen LogP contribution >= 0.6 is 0 Å². The highest BCUT2D eigenvalue weighted by molar-refractivity contribution is 4.97. The first-order chi connectivity index (χ1) is 8.70. The summed E-state index contributed by atoms with van der Waals surface area (Å²) in [5, 5.41) is 0. The Labute approximate surface area is 111 Å². The van der Waals surface area contributed by atoms with Crippen molar-refractivity contribution in [1.82, 2.24) is 4.90 Å². The number of methoxy groups -OCH3 is 1. The maximum absolute atomic E-state index is 6.10. The average Bonchev–Trinajstić information content (AvgIpc) is 2.40. The maximum atomic E-state index is 6.10. The van der Waals surface area contributed by atoms with Crippen LogP contribution in [0.5, 0.6) is 0 Å². The summed E-state index contributed by atoms with van der Waals surface area (Å²) in [7, 11) is 1.80. The molecule has 0 spiro atoms. The highest BCUT2D eigenvalue weighted by atomic mass is 16.5. The molecular weight excluding hydrogens is 228 g/mol. The van der Waals surface area contributed by atoms with Gasteiger partial charge in [0.05, 0.1) is 6.10 Å². The Morgan fingerprint density at radius 1 is 1.39 bits per heavy atom. The summed E-state index contributed by atoms with van der Waals surface area (Å²) >= 11 is 0. The molecule has 18 heavy (non-hydrogen) atoms. The van der Waals surface area contributed by atoms with E-state index in [0.717, 1.165) is 51.6 Å². The molecule has 106 valence electrons. The maximum Gasteiger partial charge on any atom is 0.0565 e. The second kappa shape index (κ2) is 6.33. The van der Waals surface area contributed by atoms with E-state index < -0.39 is 0 Å². The summed E-state index contributed by atoms with van der Waals surface area (Å²) in [6, 6.07) is 0. The van der Waals surface area contributed by atoms with Crippen molar-refractivity contribution in [2.45, 2.75) is 44.2 Å². The van der Waals surface area contributed by atoms with Gasteiger partial charge in [0.1, 0.15) is 0 Å². The minimum Gasteiger partial charge on any atom is -0.384 e. The van der Waals surface area contributed by atoms with Gasteiger partial charge in [-0.05, 0) is 51.6 Å². The van der Waals surface area contributed by atoms with Gasteiger partial charge in [-0.2, -0.15) is 0 Å². The standard InChI is InChI=1S/C14H28N2O2/c1-12-9-14(11-15,5-8-18-12)16-6-3-13(4-7-16)10-17-2/h12-13H,3-11,15H2,1-2H3. The van der Waals surface area contributed by atoms with E-state index in [2.05, 4.69) is 11.8 Å². The first-order valence-corrected chi connectivity index (χ1v) is 7.26. The van der Waals surface area contributed by atoms with Gasteiger partial charge in [-0.3, -0.25) is 4.90 Å². The molecule has 2 rings (SSSR count). The predicted octanol–water partition coefficient (Wildman–Crippen LogP) is 1.24. The van der Waals surface area contributed by atoms with Crippen LogP contribution in [0.4, 0.5) is 0 Å². The van der Waals surface area contributed by atoms with Crippen LogP contribution in [-0.4, -0.2) is 56.5 Å². The van der Waals surface area contributed by atoms with Crippen molar-refractivity contribution in [2.75, 3.05) is 40.0 Å². The Hall–Kier alpha value is -0.160. The van der Waals surface area contributed by atoms with E-state index in [1.165, 1.54) is 12.8 Å². The molecule has 0 amide bonds. The molecule has 0 aliphatic carbocycles. The average molecular weight is 256 g/mol. The van der Waals surface area contributed by atoms with Crippen molar-refractivity contribution < 1.29 is 9.47 Å². The third-order valence-corrected chi connectivity index (χ3v) is 4.70. The molecule has 2 saturated heterocycles. The zero-order valence-electron chi connectivity index (χ0n) is 11.9. The second-order valence-corrected chi connectivity index (χ2v) is 5.95. The lowest BCUT2D eigenvalue weighted by Gasteiger charge is -2.50.